The van der Waals surface area contributed by atoms with Crippen molar-refractivity contribution in [1.82, 2.24) is 4.98 Å². The highest BCUT2D eigenvalue weighted by atomic mass is 16.3. The van der Waals surface area contributed by atoms with Gasteiger partial charge < -0.3 is 9.73 Å². The number of hydrogen-bond acceptors (Lipinski definition) is 3. The van der Waals surface area contributed by atoms with Gasteiger partial charge in [0.15, 0.2) is 11.5 Å². The number of fused-ring (bicyclic) bond motifs is 2. The second-order valence-corrected chi connectivity index (χ2v) is 5.78. The van der Waals surface area contributed by atoms with Gasteiger partial charge in [0.2, 0.25) is 5.91 Å². The number of oxazole rings is 1. The Bertz CT molecular complexity index is 841. The smallest absolute Gasteiger partial charge is 0.228 e. The van der Waals surface area contributed by atoms with E-state index in [2.05, 4.69) is 22.4 Å². The van der Waals surface area contributed by atoms with E-state index in [1.807, 2.05) is 37.3 Å². The Labute approximate surface area is 128 Å². The maximum absolute atomic E-state index is 12.5. The third-order valence-corrected chi connectivity index (χ3v) is 4.18. The van der Waals surface area contributed by atoms with Crippen LogP contribution in [0.2, 0.25) is 0 Å². The normalized spacial score (nSPS) is 14.2. The van der Waals surface area contributed by atoms with Crippen molar-refractivity contribution in [3.05, 3.63) is 59.5 Å². The lowest BCUT2D eigenvalue weighted by molar-refractivity contribution is -0.119. The molecule has 0 unspecified atom stereocenters. The number of carbonyl (C=O) groups is 1. The second kappa shape index (κ2) is 4.98. The summed E-state index contributed by atoms with van der Waals surface area (Å²) >= 11 is 0. The van der Waals surface area contributed by atoms with Crippen LogP contribution in [0.4, 0.5) is 5.69 Å². The molecule has 22 heavy (non-hydrogen) atoms. The minimum absolute atomic E-state index is 0.00422. The summed E-state index contributed by atoms with van der Waals surface area (Å²) in [6, 6.07) is 13.8. The number of benzene rings is 2. The van der Waals surface area contributed by atoms with Crippen molar-refractivity contribution in [2.45, 2.75) is 19.8 Å². The molecule has 0 saturated carbocycles. The van der Waals surface area contributed by atoms with E-state index in [4.69, 9.17) is 4.42 Å². The molecular weight excluding hydrogens is 276 g/mol. The first-order valence-corrected chi connectivity index (χ1v) is 7.44. The van der Waals surface area contributed by atoms with Crippen molar-refractivity contribution in [2.75, 3.05) is 5.32 Å². The van der Waals surface area contributed by atoms with Gasteiger partial charge >= 0.3 is 0 Å². The summed E-state index contributed by atoms with van der Waals surface area (Å²) in [5.74, 6) is 0.695. The van der Waals surface area contributed by atoms with Crippen molar-refractivity contribution >= 4 is 22.7 Å². The fourth-order valence-corrected chi connectivity index (χ4v) is 3.11. The molecule has 3 aromatic rings. The van der Waals surface area contributed by atoms with E-state index in [0.29, 0.717) is 11.5 Å². The third kappa shape index (κ3) is 2.26. The summed E-state index contributed by atoms with van der Waals surface area (Å²) in [4.78, 5) is 16.7. The average molecular weight is 292 g/mol. The van der Waals surface area contributed by atoms with Gasteiger partial charge in [-0.2, -0.15) is 0 Å². The van der Waals surface area contributed by atoms with Crippen molar-refractivity contribution in [1.29, 1.82) is 0 Å². The van der Waals surface area contributed by atoms with Crippen LogP contribution in [0.3, 0.4) is 0 Å². The Morgan fingerprint density at radius 3 is 2.64 bits per heavy atom. The molecule has 1 N–H and O–H groups in total. The summed E-state index contributed by atoms with van der Waals surface area (Å²) < 4.78 is 5.50. The van der Waals surface area contributed by atoms with Crippen LogP contribution in [0.5, 0.6) is 0 Å². The molecule has 0 atom stereocenters. The number of nitrogens with one attached hydrogen (secondary N) is 1. The Balaban J connectivity index is 1.52. The zero-order chi connectivity index (χ0) is 15.1. The molecule has 1 aliphatic rings. The molecule has 4 heteroatoms. The first-order chi connectivity index (χ1) is 10.7. The number of rotatable bonds is 2. The lowest BCUT2D eigenvalue weighted by Gasteiger charge is -2.10. The third-order valence-electron chi connectivity index (χ3n) is 4.18. The van der Waals surface area contributed by atoms with E-state index in [0.717, 1.165) is 24.0 Å². The largest absolute Gasteiger partial charge is 0.441 e. The fourth-order valence-electron chi connectivity index (χ4n) is 3.11. The first-order valence-electron chi connectivity index (χ1n) is 7.44. The van der Waals surface area contributed by atoms with Crippen LogP contribution in [-0.2, 0) is 17.6 Å². The average Bonchev–Trinajstić information content (AvgIpc) is 3.08. The molecule has 110 valence electrons. The molecule has 1 amide bonds. The van der Waals surface area contributed by atoms with Crippen molar-refractivity contribution in [3.63, 3.8) is 0 Å². The van der Waals surface area contributed by atoms with Gasteiger partial charge in [-0.15, -0.1) is 0 Å². The number of anilines is 1. The molecule has 0 bridgehead atoms. The Morgan fingerprint density at radius 1 is 1.18 bits per heavy atom. The molecule has 0 radical (unpaired) electrons. The molecule has 0 saturated heterocycles. The summed E-state index contributed by atoms with van der Waals surface area (Å²) in [6.07, 6.45) is 1.62. The highest BCUT2D eigenvalue weighted by Gasteiger charge is 2.27. The van der Waals surface area contributed by atoms with Gasteiger partial charge in [0.25, 0.3) is 0 Å². The van der Waals surface area contributed by atoms with Gasteiger partial charge in [-0.1, -0.05) is 24.3 Å². The van der Waals surface area contributed by atoms with Crippen LogP contribution in [0.25, 0.3) is 11.1 Å². The van der Waals surface area contributed by atoms with Crippen molar-refractivity contribution < 1.29 is 9.21 Å². The van der Waals surface area contributed by atoms with Gasteiger partial charge in [0, 0.05) is 24.6 Å². The summed E-state index contributed by atoms with van der Waals surface area (Å²) in [5.41, 5.74) is 4.83. The molecular formula is C18H16N2O2. The van der Waals surface area contributed by atoms with E-state index >= 15 is 0 Å². The van der Waals surface area contributed by atoms with E-state index < -0.39 is 0 Å². The van der Waals surface area contributed by atoms with Gasteiger partial charge in [-0.05, 0) is 36.1 Å². The van der Waals surface area contributed by atoms with Crippen LogP contribution >= 0.6 is 0 Å². The summed E-state index contributed by atoms with van der Waals surface area (Å²) in [7, 11) is 0. The molecule has 1 aliphatic carbocycles. The second-order valence-electron chi connectivity index (χ2n) is 5.78. The van der Waals surface area contributed by atoms with Crippen LogP contribution in [0, 0.1) is 12.8 Å². The molecule has 2 aromatic carbocycles. The van der Waals surface area contributed by atoms with Crippen LogP contribution in [0.15, 0.2) is 46.9 Å². The number of aromatic nitrogens is 1. The summed E-state index contributed by atoms with van der Waals surface area (Å²) in [5, 5.41) is 2.99. The first kappa shape index (κ1) is 13.1. The molecule has 4 rings (SSSR count). The highest BCUT2D eigenvalue weighted by Crippen LogP contribution is 2.28. The van der Waals surface area contributed by atoms with Crippen LogP contribution in [0.1, 0.15) is 17.0 Å². The number of hydrogen-bond donors (Lipinski definition) is 1. The zero-order valence-electron chi connectivity index (χ0n) is 12.3. The molecule has 0 fully saturated rings. The van der Waals surface area contributed by atoms with Gasteiger partial charge in [-0.25, -0.2) is 4.98 Å². The lowest BCUT2D eigenvalue weighted by Crippen LogP contribution is -2.23. The monoisotopic (exact) mass is 292 g/mol. The van der Waals surface area contributed by atoms with E-state index in [-0.39, 0.29) is 11.8 Å². The van der Waals surface area contributed by atoms with Gasteiger partial charge in [0.05, 0.1) is 0 Å². The van der Waals surface area contributed by atoms with Gasteiger partial charge in [0.1, 0.15) is 5.52 Å². The lowest BCUT2D eigenvalue weighted by atomic mass is 10.1. The maximum Gasteiger partial charge on any atom is 0.228 e. The molecule has 0 aliphatic heterocycles. The predicted molar refractivity (Wildman–Crippen MR) is 84.7 cm³/mol. The Kier molecular flexibility index (Phi) is 2.96. The Morgan fingerprint density at radius 2 is 1.91 bits per heavy atom. The molecule has 1 aromatic heterocycles. The van der Waals surface area contributed by atoms with Crippen molar-refractivity contribution in [2.24, 2.45) is 5.92 Å². The highest BCUT2D eigenvalue weighted by molar-refractivity contribution is 5.95. The van der Waals surface area contributed by atoms with E-state index in [9.17, 15) is 4.79 Å². The zero-order valence-corrected chi connectivity index (χ0v) is 12.3. The standard InChI is InChI=1S/C18H16N2O2/c1-11-19-16-7-6-15(10-17(16)22-11)20-18(21)14-8-12-4-2-3-5-13(12)9-14/h2-7,10,14H,8-9H2,1H3,(H,20,21). The minimum atomic E-state index is 0.00422. The topological polar surface area (TPSA) is 55.1 Å². The quantitative estimate of drug-likeness (QED) is 0.786. The maximum atomic E-state index is 12.5. The number of amides is 1. The SMILES string of the molecule is Cc1nc2ccc(NC(=O)C3Cc4ccccc4C3)cc2o1. The van der Waals surface area contributed by atoms with Crippen molar-refractivity contribution in [3.8, 4) is 0 Å². The Hall–Kier alpha value is -2.62. The van der Waals surface area contributed by atoms with Gasteiger partial charge in [-0.3, -0.25) is 4.79 Å². The van der Waals surface area contributed by atoms with Crippen LogP contribution < -0.4 is 5.32 Å². The van der Waals surface area contributed by atoms with E-state index in [1.54, 1.807) is 0 Å². The molecule has 0 spiro atoms. The van der Waals surface area contributed by atoms with E-state index in [1.165, 1.54) is 11.1 Å². The molecule has 4 nitrogen and oxygen atoms in total. The number of carbonyl (C=O) groups excluding carboxylic acids is 1. The number of nitrogens with zero attached hydrogens (tertiary/aromatic N) is 1. The van der Waals surface area contributed by atoms with Crippen LogP contribution in [-0.4, -0.2) is 10.9 Å². The minimum Gasteiger partial charge on any atom is -0.441 e. The fraction of sp³-hybridized carbons (Fsp3) is 0.222. The molecule has 1 heterocycles. The predicted octanol–water partition coefficient (Wildman–Crippen LogP) is 3.49. The number of aryl methyl sites for hydroxylation is 1. The summed E-state index contributed by atoms with van der Waals surface area (Å²) in [6.45, 7) is 1.81.